The fraction of sp³-hybridized carbons (Fsp3) is 0.238. The predicted octanol–water partition coefficient (Wildman–Crippen LogP) is 3.12. The summed E-state index contributed by atoms with van der Waals surface area (Å²) >= 11 is 0. The molecular weight excluding hydrogens is 326 g/mol. The Morgan fingerprint density at radius 1 is 1.19 bits per heavy atom. The van der Waals surface area contributed by atoms with E-state index >= 15 is 0 Å². The van der Waals surface area contributed by atoms with Crippen molar-refractivity contribution in [2.45, 2.75) is 19.4 Å². The van der Waals surface area contributed by atoms with E-state index in [-0.39, 0.29) is 11.8 Å². The van der Waals surface area contributed by atoms with E-state index in [9.17, 15) is 9.59 Å². The number of nitrogens with zero attached hydrogens (tertiary/aromatic N) is 1. The number of carbonyl (C=O) groups excluding carboxylic acids is 2. The van der Waals surface area contributed by atoms with Gasteiger partial charge in [0.05, 0.1) is 0 Å². The fourth-order valence-electron chi connectivity index (χ4n) is 3.10. The van der Waals surface area contributed by atoms with Gasteiger partial charge in [0, 0.05) is 37.1 Å². The van der Waals surface area contributed by atoms with E-state index in [1.54, 1.807) is 12.1 Å². The summed E-state index contributed by atoms with van der Waals surface area (Å²) in [6.45, 7) is 4.89. The predicted molar refractivity (Wildman–Crippen MR) is 104 cm³/mol. The summed E-state index contributed by atoms with van der Waals surface area (Å²) < 4.78 is 0. The average Bonchev–Trinajstić information content (AvgIpc) is 2.66. The van der Waals surface area contributed by atoms with Gasteiger partial charge >= 0.3 is 0 Å². The second kappa shape index (κ2) is 7.87. The van der Waals surface area contributed by atoms with Crippen LogP contribution < -0.4 is 15.5 Å². The highest BCUT2D eigenvalue weighted by atomic mass is 16.2. The average molecular weight is 349 g/mol. The molecule has 5 heteroatoms. The standard InChI is InChI=1S/C21H23N3O2/c1-3-20(25)22-14-15-6-8-16(9-7-15)21(26)23-18-10-11-19-17(13-18)5-4-12-24(19)2/h3,6-11,13H,1,4-5,12,14H2,2H3,(H,22,25)(H,23,26). The van der Waals surface area contributed by atoms with Crippen LogP contribution in [-0.2, 0) is 17.8 Å². The van der Waals surface area contributed by atoms with E-state index in [2.05, 4.69) is 41.3 Å². The maximum absolute atomic E-state index is 12.5. The van der Waals surface area contributed by atoms with Crippen LogP contribution in [0.15, 0.2) is 55.1 Å². The van der Waals surface area contributed by atoms with Crippen molar-refractivity contribution in [1.29, 1.82) is 0 Å². The van der Waals surface area contributed by atoms with Crippen LogP contribution in [0.2, 0.25) is 0 Å². The highest BCUT2D eigenvalue weighted by Gasteiger charge is 2.14. The monoisotopic (exact) mass is 349 g/mol. The van der Waals surface area contributed by atoms with Crippen molar-refractivity contribution in [3.63, 3.8) is 0 Å². The first-order valence-corrected chi connectivity index (χ1v) is 8.71. The summed E-state index contributed by atoms with van der Waals surface area (Å²) in [7, 11) is 2.09. The van der Waals surface area contributed by atoms with Gasteiger partial charge in [0.15, 0.2) is 0 Å². The minimum Gasteiger partial charge on any atom is -0.374 e. The molecular formula is C21H23N3O2. The number of amides is 2. The fourth-order valence-corrected chi connectivity index (χ4v) is 3.10. The number of hydrogen-bond donors (Lipinski definition) is 2. The van der Waals surface area contributed by atoms with E-state index in [0.717, 1.165) is 30.6 Å². The normalized spacial score (nSPS) is 12.9. The number of fused-ring (bicyclic) bond motifs is 1. The van der Waals surface area contributed by atoms with Crippen LogP contribution in [0.3, 0.4) is 0 Å². The highest BCUT2D eigenvalue weighted by Crippen LogP contribution is 2.28. The number of rotatable bonds is 5. The first kappa shape index (κ1) is 17.7. The van der Waals surface area contributed by atoms with Crippen LogP contribution in [0.1, 0.15) is 27.9 Å². The summed E-state index contributed by atoms with van der Waals surface area (Å²) in [5.41, 5.74) is 4.82. The van der Waals surface area contributed by atoms with Crippen LogP contribution >= 0.6 is 0 Å². The summed E-state index contributed by atoms with van der Waals surface area (Å²) in [5, 5.41) is 5.67. The number of benzene rings is 2. The molecule has 26 heavy (non-hydrogen) atoms. The second-order valence-corrected chi connectivity index (χ2v) is 6.44. The Morgan fingerprint density at radius 2 is 1.96 bits per heavy atom. The zero-order valence-corrected chi connectivity index (χ0v) is 14.9. The number of aryl methyl sites for hydroxylation is 1. The van der Waals surface area contributed by atoms with Crippen molar-refractivity contribution in [3.8, 4) is 0 Å². The largest absolute Gasteiger partial charge is 0.374 e. The molecule has 0 spiro atoms. The molecule has 1 heterocycles. The van der Waals surface area contributed by atoms with Crippen LogP contribution in [0.4, 0.5) is 11.4 Å². The van der Waals surface area contributed by atoms with Crippen molar-refractivity contribution < 1.29 is 9.59 Å². The van der Waals surface area contributed by atoms with E-state index in [1.807, 2.05) is 18.2 Å². The number of carbonyl (C=O) groups is 2. The van der Waals surface area contributed by atoms with Gasteiger partial charge in [-0.1, -0.05) is 18.7 Å². The van der Waals surface area contributed by atoms with Gasteiger partial charge in [0.2, 0.25) is 5.91 Å². The van der Waals surface area contributed by atoms with Crippen molar-refractivity contribution in [2.75, 3.05) is 23.8 Å². The lowest BCUT2D eigenvalue weighted by Gasteiger charge is -2.27. The molecule has 2 amide bonds. The summed E-state index contributed by atoms with van der Waals surface area (Å²) in [6, 6.07) is 13.3. The van der Waals surface area contributed by atoms with E-state index in [0.29, 0.717) is 12.1 Å². The zero-order chi connectivity index (χ0) is 18.5. The van der Waals surface area contributed by atoms with Gasteiger partial charge in [0.25, 0.3) is 5.91 Å². The lowest BCUT2D eigenvalue weighted by atomic mass is 10.0. The molecule has 0 bridgehead atoms. The van der Waals surface area contributed by atoms with Crippen molar-refractivity contribution in [1.82, 2.24) is 5.32 Å². The maximum Gasteiger partial charge on any atom is 0.255 e. The van der Waals surface area contributed by atoms with Crippen LogP contribution in [0.5, 0.6) is 0 Å². The summed E-state index contributed by atoms with van der Waals surface area (Å²) in [6.07, 6.45) is 3.40. The molecule has 5 nitrogen and oxygen atoms in total. The molecule has 0 saturated carbocycles. The molecule has 2 N–H and O–H groups in total. The quantitative estimate of drug-likeness (QED) is 0.816. The first-order chi connectivity index (χ1) is 12.6. The molecule has 1 aliphatic rings. The molecule has 0 saturated heterocycles. The van der Waals surface area contributed by atoms with Crippen molar-refractivity contribution in [2.24, 2.45) is 0 Å². The van der Waals surface area contributed by atoms with E-state index in [4.69, 9.17) is 0 Å². The van der Waals surface area contributed by atoms with Crippen LogP contribution in [0.25, 0.3) is 0 Å². The Morgan fingerprint density at radius 3 is 2.69 bits per heavy atom. The molecule has 2 aromatic carbocycles. The third kappa shape index (κ3) is 4.11. The van der Waals surface area contributed by atoms with Gasteiger partial charge in [-0.3, -0.25) is 9.59 Å². The van der Waals surface area contributed by atoms with E-state index < -0.39 is 0 Å². The maximum atomic E-state index is 12.5. The lowest BCUT2D eigenvalue weighted by molar-refractivity contribution is -0.116. The first-order valence-electron chi connectivity index (χ1n) is 8.71. The van der Waals surface area contributed by atoms with Crippen LogP contribution in [0, 0.1) is 0 Å². The molecule has 3 rings (SSSR count). The molecule has 0 unspecified atom stereocenters. The third-order valence-corrected chi connectivity index (χ3v) is 4.56. The molecule has 0 atom stereocenters. The Bertz CT molecular complexity index is 828. The molecule has 134 valence electrons. The Labute approximate surface area is 153 Å². The van der Waals surface area contributed by atoms with Gasteiger partial charge in [0.1, 0.15) is 0 Å². The van der Waals surface area contributed by atoms with Gasteiger partial charge in [-0.15, -0.1) is 0 Å². The van der Waals surface area contributed by atoms with Gasteiger partial charge in [-0.25, -0.2) is 0 Å². The molecule has 0 aliphatic carbocycles. The molecule has 0 fully saturated rings. The number of nitrogens with one attached hydrogen (secondary N) is 2. The molecule has 2 aromatic rings. The lowest BCUT2D eigenvalue weighted by Crippen LogP contribution is -2.24. The van der Waals surface area contributed by atoms with Crippen molar-refractivity contribution in [3.05, 3.63) is 71.8 Å². The number of hydrogen-bond acceptors (Lipinski definition) is 3. The Hall–Kier alpha value is -3.08. The van der Waals surface area contributed by atoms with E-state index in [1.165, 1.54) is 17.3 Å². The second-order valence-electron chi connectivity index (χ2n) is 6.44. The minimum atomic E-state index is -0.218. The Balaban J connectivity index is 1.64. The SMILES string of the molecule is C=CC(=O)NCc1ccc(C(=O)Nc2ccc3c(c2)CCCN3C)cc1. The summed E-state index contributed by atoms with van der Waals surface area (Å²) in [4.78, 5) is 25.9. The summed E-state index contributed by atoms with van der Waals surface area (Å²) in [5.74, 6) is -0.360. The van der Waals surface area contributed by atoms with Gasteiger partial charge in [-0.05, 0) is 60.4 Å². The highest BCUT2D eigenvalue weighted by molar-refractivity contribution is 6.04. The van der Waals surface area contributed by atoms with Crippen molar-refractivity contribution >= 4 is 23.2 Å². The minimum absolute atomic E-state index is 0.143. The smallest absolute Gasteiger partial charge is 0.255 e. The number of anilines is 2. The zero-order valence-electron chi connectivity index (χ0n) is 14.9. The van der Waals surface area contributed by atoms with Gasteiger partial charge in [-0.2, -0.15) is 0 Å². The molecule has 1 aliphatic heterocycles. The molecule has 0 radical (unpaired) electrons. The Kier molecular flexibility index (Phi) is 5.37. The third-order valence-electron chi connectivity index (χ3n) is 4.56. The van der Waals surface area contributed by atoms with Gasteiger partial charge < -0.3 is 15.5 Å². The molecule has 0 aromatic heterocycles. The topological polar surface area (TPSA) is 61.4 Å². The van der Waals surface area contributed by atoms with Crippen LogP contribution in [-0.4, -0.2) is 25.4 Å².